The smallest absolute Gasteiger partial charge is 0.297 e. The van der Waals surface area contributed by atoms with E-state index in [1.54, 1.807) is 12.1 Å². The third-order valence-electron chi connectivity index (χ3n) is 3.38. The zero-order valence-electron chi connectivity index (χ0n) is 12.8. The van der Waals surface area contributed by atoms with Crippen LogP contribution in [-0.2, 0) is 23.8 Å². The molecule has 0 saturated carbocycles. The van der Waals surface area contributed by atoms with Crippen molar-refractivity contribution in [3.8, 4) is 0 Å². The maximum absolute atomic E-state index is 12.1. The van der Waals surface area contributed by atoms with Crippen molar-refractivity contribution in [2.24, 2.45) is 0 Å². The Balaban J connectivity index is 2.03. The normalized spacial score (nSPS) is 25.1. The Morgan fingerprint density at radius 1 is 1.14 bits per heavy atom. The summed E-state index contributed by atoms with van der Waals surface area (Å²) in [5, 5.41) is 0. The average molecular weight is 314 g/mol. The van der Waals surface area contributed by atoms with E-state index < -0.39 is 15.9 Å². The van der Waals surface area contributed by atoms with Crippen LogP contribution in [0.25, 0.3) is 0 Å². The molecule has 5 nitrogen and oxygen atoms in total. The quantitative estimate of drug-likeness (QED) is 0.782. The first-order valence-corrected chi connectivity index (χ1v) is 8.46. The van der Waals surface area contributed by atoms with Gasteiger partial charge in [0.15, 0.2) is 5.79 Å². The maximum Gasteiger partial charge on any atom is 0.297 e. The predicted molar refractivity (Wildman–Crippen MR) is 78.4 cm³/mol. The van der Waals surface area contributed by atoms with E-state index >= 15 is 0 Å². The number of hydrogen-bond acceptors (Lipinski definition) is 5. The molecule has 1 saturated heterocycles. The first kappa shape index (κ1) is 16.4. The summed E-state index contributed by atoms with van der Waals surface area (Å²) in [5.41, 5.74) is 0.995. The van der Waals surface area contributed by atoms with Gasteiger partial charge in [0.25, 0.3) is 10.1 Å². The zero-order valence-corrected chi connectivity index (χ0v) is 13.6. The lowest BCUT2D eigenvalue weighted by molar-refractivity contribution is -0.148. The minimum atomic E-state index is -3.77. The molecule has 1 heterocycles. The van der Waals surface area contributed by atoms with Crippen LogP contribution in [0.5, 0.6) is 0 Å². The highest BCUT2D eigenvalue weighted by atomic mass is 32.2. The van der Waals surface area contributed by atoms with Gasteiger partial charge in [0.1, 0.15) is 6.10 Å². The lowest BCUT2D eigenvalue weighted by Crippen LogP contribution is -2.28. The summed E-state index contributed by atoms with van der Waals surface area (Å²) in [4.78, 5) is 0.152. The summed E-state index contributed by atoms with van der Waals surface area (Å²) in [6.45, 7) is 7.44. The molecule has 0 radical (unpaired) electrons. The van der Waals surface area contributed by atoms with E-state index in [0.29, 0.717) is 0 Å². The molecule has 1 aromatic carbocycles. The molecule has 118 valence electrons. The summed E-state index contributed by atoms with van der Waals surface area (Å²) in [5.74, 6) is -0.706. The van der Waals surface area contributed by atoms with Gasteiger partial charge in [-0.05, 0) is 39.3 Å². The van der Waals surface area contributed by atoms with Gasteiger partial charge in [-0.1, -0.05) is 24.6 Å². The van der Waals surface area contributed by atoms with E-state index in [-0.39, 0.29) is 23.7 Å². The molecule has 0 N–H and O–H groups in total. The first-order chi connectivity index (χ1) is 9.73. The molecular formula is C15H22O5S. The second-order valence-corrected chi connectivity index (χ2v) is 7.29. The lowest BCUT2D eigenvalue weighted by Gasteiger charge is -2.16. The monoisotopic (exact) mass is 314 g/mol. The fraction of sp³-hybridized carbons (Fsp3) is 0.600. The predicted octanol–water partition coefficient (Wildman–Crippen LogP) is 2.63. The van der Waals surface area contributed by atoms with E-state index in [1.807, 2.05) is 27.7 Å². The molecule has 2 rings (SSSR count). The summed E-state index contributed by atoms with van der Waals surface area (Å²) >= 11 is 0. The van der Waals surface area contributed by atoms with E-state index in [2.05, 4.69) is 0 Å². The van der Waals surface area contributed by atoms with Crippen LogP contribution in [0.3, 0.4) is 0 Å². The fourth-order valence-corrected chi connectivity index (χ4v) is 3.24. The Kier molecular flexibility index (Phi) is 4.72. The SMILES string of the molecule is CCC1OC(C)(C)OC1COS(=O)(=O)c1ccc(C)cc1. The Morgan fingerprint density at radius 2 is 1.71 bits per heavy atom. The topological polar surface area (TPSA) is 61.8 Å². The number of benzene rings is 1. The van der Waals surface area contributed by atoms with Crippen molar-refractivity contribution < 1.29 is 22.1 Å². The molecule has 0 aromatic heterocycles. The molecule has 0 aliphatic carbocycles. The van der Waals surface area contributed by atoms with E-state index in [1.165, 1.54) is 12.1 Å². The molecule has 0 amide bonds. The highest BCUT2D eigenvalue weighted by molar-refractivity contribution is 7.86. The number of hydrogen-bond donors (Lipinski definition) is 0. The van der Waals surface area contributed by atoms with Gasteiger partial charge >= 0.3 is 0 Å². The first-order valence-electron chi connectivity index (χ1n) is 7.05. The van der Waals surface area contributed by atoms with Crippen molar-refractivity contribution in [1.82, 2.24) is 0 Å². The molecule has 21 heavy (non-hydrogen) atoms. The van der Waals surface area contributed by atoms with Gasteiger partial charge in [0, 0.05) is 0 Å². The molecule has 1 aliphatic rings. The summed E-state index contributed by atoms with van der Waals surface area (Å²) in [6.07, 6.45) is 0.195. The van der Waals surface area contributed by atoms with Crippen LogP contribution in [0, 0.1) is 6.92 Å². The van der Waals surface area contributed by atoms with E-state index in [4.69, 9.17) is 13.7 Å². The Morgan fingerprint density at radius 3 is 2.29 bits per heavy atom. The van der Waals surface area contributed by atoms with Gasteiger partial charge in [-0.15, -0.1) is 0 Å². The van der Waals surface area contributed by atoms with Crippen LogP contribution in [0.4, 0.5) is 0 Å². The molecular weight excluding hydrogens is 292 g/mol. The average Bonchev–Trinajstić information content (AvgIpc) is 2.72. The molecule has 6 heteroatoms. The molecule has 1 aromatic rings. The summed E-state index contributed by atoms with van der Waals surface area (Å²) < 4.78 is 40.8. The highest BCUT2D eigenvalue weighted by Gasteiger charge is 2.41. The van der Waals surface area contributed by atoms with Crippen molar-refractivity contribution in [2.45, 2.75) is 57.0 Å². The standard InChI is InChI=1S/C15H22O5S/c1-5-13-14(20-15(3,4)19-13)10-18-21(16,17)12-8-6-11(2)7-9-12/h6-9,13-14H,5,10H2,1-4H3. The fourth-order valence-electron chi connectivity index (χ4n) is 2.33. The van der Waals surface area contributed by atoms with Crippen molar-refractivity contribution in [3.63, 3.8) is 0 Å². The van der Waals surface area contributed by atoms with Crippen molar-refractivity contribution >= 4 is 10.1 Å². The van der Waals surface area contributed by atoms with Crippen molar-refractivity contribution in [2.75, 3.05) is 6.61 Å². The van der Waals surface area contributed by atoms with Gasteiger partial charge in [-0.2, -0.15) is 8.42 Å². The van der Waals surface area contributed by atoms with Gasteiger partial charge in [0.2, 0.25) is 0 Å². The third-order valence-corrected chi connectivity index (χ3v) is 4.68. The van der Waals surface area contributed by atoms with Crippen LogP contribution < -0.4 is 0 Å². The molecule has 2 unspecified atom stereocenters. The Bertz CT molecular complexity index is 577. The number of aryl methyl sites for hydroxylation is 1. The molecule has 2 atom stereocenters. The molecule has 0 spiro atoms. The van der Waals surface area contributed by atoms with Gasteiger partial charge in [-0.25, -0.2) is 0 Å². The summed E-state index contributed by atoms with van der Waals surface area (Å²) in [6, 6.07) is 6.56. The van der Waals surface area contributed by atoms with E-state index in [9.17, 15) is 8.42 Å². The second-order valence-electron chi connectivity index (χ2n) is 5.67. The van der Waals surface area contributed by atoms with Crippen LogP contribution in [-0.4, -0.2) is 33.0 Å². The number of rotatable bonds is 5. The van der Waals surface area contributed by atoms with Gasteiger partial charge in [-0.3, -0.25) is 4.18 Å². The van der Waals surface area contributed by atoms with Gasteiger partial charge < -0.3 is 9.47 Å². The van der Waals surface area contributed by atoms with Crippen LogP contribution in [0.1, 0.15) is 32.8 Å². The van der Waals surface area contributed by atoms with E-state index in [0.717, 1.165) is 12.0 Å². The van der Waals surface area contributed by atoms with Crippen LogP contribution in [0.15, 0.2) is 29.2 Å². The largest absolute Gasteiger partial charge is 0.344 e. The zero-order chi connectivity index (χ0) is 15.7. The highest BCUT2D eigenvalue weighted by Crippen LogP contribution is 2.30. The van der Waals surface area contributed by atoms with Crippen molar-refractivity contribution in [1.29, 1.82) is 0 Å². The third kappa shape index (κ3) is 4.03. The van der Waals surface area contributed by atoms with Crippen LogP contribution >= 0.6 is 0 Å². The molecule has 1 fully saturated rings. The Hall–Kier alpha value is -0.950. The second kappa shape index (κ2) is 6.04. The van der Waals surface area contributed by atoms with Crippen LogP contribution in [0.2, 0.25) is 0 Å². The van der Waals surface area contributed by atoms with Crippen molar-refractivity contribution in [3.05, 3.63) is 29.8 Å². The minimum Gasteiger partial charge on any atom is -0.344 e. The summed E-state index contributed by atoms with van der Waals surface area (Å²) in [7, 11) is -3.77. The van der Waals surface area contributed by atoms with Gasteiger partial charge in [0.05, 0.1) is 17.6 Å². The number of ether oxygens (including phenoxy) is 2. The Labute approximate surface area is 126 Å². The maximum atomic E-state index is 12.1. The lowest BCUT2D eigenvalue weighted by atomic mass is 10.2. The molecule has 0 bridgehead atoms. The molecule has 1 aliphatic heterocycles. The minimum absolute atomic E-state index is 0.0435.